The SMILES string of the molecule is CC(C)(C)c1cccc(-n2nnnc2SC2COC2)c1. The van der Waals surface area contributed by atoms with Crippen LogP contribution in [0.5, 0.6) is 0 Å². The minimum Gasteiger partial charge on any atom is -0.379 e. The maximum atomic E-state index is 5.19. The highest BCUT2D eigenvalue weighted by Crippen LogP contribution is 2.29. The molecular weight excluding hydrogens is 272 g/mol. The summed E-state index contributed by atoms with van der Waals surface area (Å²) in [7, 11) is 0. The van der Waals surface area contributed by atoms with Gasteiger partial charge in [0, 0.05) is 0 Å². The quantitative estimate of drug-likeness (QED) is 0.869. The van der Waals surface area contributed by atoms with Crippen molar-refractivity contribution in [1.29, 1.82) is 0 Å². The van der Waals surface area contributed by atoms with Crippen LogP contribution in [0.25, 0.3) is 5.69 Å². The van der Waals surface area contributed by atoms with E-state index in [1.54, 1.807) is 16.4 Å². The fourth-order valence-electron chi connectivity index (χ4n) is 1.95. The van der Waals surface area contributed by atoms with E-state index in [0.717, 1.165) is 24.1 Å². The molecule has 1 saturated heterocycles. The Morgan fingerprint density at radius 1 is 1.30 bits per heavy atom. The molecule has 1 aromatic heterocycles. The average molecular weight is 290 g/mol. The van der Waals surface area contributed by atoms with Gasteiger partial charge >= 0.3 is 0 Å². The Morgan fingerprint density at radius 3 is 2.75 bits per heavy atom. The van der Waals surface area contributed by atoms with Crippen LogP contribution in [0.15, 0.2) is 29.4 Å². The normalized spacial score (nSPS) is 16.1. The molecule has 0 spiro atoms. The highest BCUT2D eigenvalue weighted by molar-refractivity contribution is 7.99. The van der Waals surface area contributed by atoms with E-state index in [1.807, 2.05) is 6.07 Å². The summed E-state index contributed by atoms with van der Waals surface area (Å²) in [5, 5.41) is 13.3. The molecule has 0 radical (unpaired) electrons. The highest BCUT2D eigenvalue weighted by Gasteiger charge is 2.23. The molecule has 1 aliphatic heterocycles. The summed E-state index contributed by atoms with van der Waals surface area (Å²) in [6, 6.07) is 8.38. The lowest BCUT2D eigenvalue weighted by Crippen LogP contribution is -2.30. The minimum atomic E-state index is 0.110. The topological polar surface area (TPSA) is 52.8 Å². The molecule has 2 heterocycles. The summed E-state index contributed by atoms with van der Waals surface area (Å²) >= 11 is 1.67. The molecule has 0 amide bonds. The first-order valence-corrected chi connectivity index (χ1v) is 7.56. The second-order valence-corrected chi connectivity index (χ2v) is 7.22. The van der Waals surface area contributed by atoms with E-state index >= 15 is 0 Å². The predicted molar refractivity (Wildman–Crippen MR) is 78.3 cm³/mol. The van der Waals surface area contributed by atoms with Crippen molar-refractivity contribution >= 4 is 11.8 Å². The lowest BCUT2D eigenvalue weighted by atomic mass is 9.87. The number of tetrazole rings is 1. The Kier molecular flexibility index (Phi) is 3.52. The average Bonchev–Trinajstić information content (AvgIpc) is 2.81. The van der Waals surface area contributed by atoms with Crippen molar-refractivity contribution in [3.05, 3.63) is 29.8 Å². The molecule has 2 aromatic rings. The zero-order valence-electron chi connectivity index (χ0n) is 11.9. The minimum absolute atomic E-state index is 0.110. The molecule has 0 N–H and O–H groups in total. The molecule has 1 fully saturated rings. The first kappa shape index (κ1) is 13.6. The molecule has 3 rings (SSSR count). The second kappa shape index (κ2) is 5.18. The van der Waals surface area contributed by atoms with Gasteiger partial charge in [0.15, 0.2) is 0 Å². The van der Waals surface area contributed by atoms with Gasteiger partial charge in [0.2, 0.25) is 5.16 Å². The van der Waals surface area contributed by atoms with Crippen LogP contribution in [0.3, 0.4) is 0 Å². The molecular formula is C14H18N4OS. The van der Waals surface area contributed by atoms with Gasteiger partial charge in [-0.25, -0.2) is 0 Å². The van der Waals surface area contributed by atoms with Gasteiger partial charge in [-0.15, -0.1) is 5.10 Å². The van der Waals surface area contributed by atoms with E-state index in [2.05, 4.69) is 54.5 Å². The molecule has 6 heteroatoms. The van der Waals surface area contributed by atoms with E-state index in [9.17, 15) is 0 Å². The van der Waals surface area contributed by atoms with Crippen molar-refractivity contribution in [3.8, 4) is 5.69 Å². The lowest BCUT2D eigenvalue weighted by molar-refractivity contribution is 0.0454. The third-order valence-electron chi connectivity index (χ3n) is 3.28. The number of nitrogens with zero attached hydrogens (tertiary/aromatic N) is 4. The van der Waals surface area contributed by atoms with Crippen LogP contribution in [0.4, 0.5) is 0 Å². The van der Waals surface area contributed by atoms with Crippen LogP contribution >= 0.6 is 11.8 Å². The maximum Gasteiger partial charge on any atom is 0.214 e. The largest absolute Gasteiger partial charge is 0.379 e. The number of hydrogen-bond acceptors (Lipinski definition) is 5. The fraction of sp³-hybridized carbons (Fsp3) is 0.500. The summed E-state index contributed by atoms with van der Waals surface area (Å²) in [6.07, 6.45) is 0. The summed E-state index contributed by atoms with van der Waals surface area (Å²) in [6.45, 7) is 8.16. The van der Waals surface area contributed by atoms with Crippen LogP contribution in [0, 0.1) is 0 Å². The van der Waals surface area contributed by atoms with Gasteiger partial charge in [0.1, 0.15) is 0 Å². The van der Waals surface area contributed by atoms with E-state index in [-0.39, 0.29) is 5.41 Å². The van der Waals surface area contributed by atoms with Crippen molar-refractivity contribution in [3.63, 3.8) is 0 Å². The third kappa shape index (κ3) is 2.71. The Hall–Kier alpha value is -1.40. The van der Waals surface area contributed by atoms with Gasteiger partial charge in [-0.05, 0) is 33.5 Å². The highest BCUT2D eigenvalue weighted by atomic mass is 32.2. The molecule has 0 unspecified atom stereocenters. The number of aromatic nitrogens is 4. The first-order valence-electron chi connectivity index (χ1n) is 6.68. The smallest absolute Gasteiger partial charge is 0.214 e. The second-order valence-electron chi connectivity index (χ2n) is 5.95. The molecule has 0 aliphatic carbocycles. The summed E-state index contributed by atoms with van der Waals surface area (Å²) in [5.41, 5.74) is 2.39. The zero-order valence-corrected chi connectivity index (χ0v) is 12.7. The first-order chi connectivity index (χ1) is 9.54. The fourth-order valence-corrected chi connectivity index (χ4v) is 2.90. The van der Waals surface area contributed by atoms with Gasteiger partial charge in [0.25, 0.3) is 0 Å². The van der Waals surface area contributed by atoms with E-state index < -0.39 is 0 Å². The van der Waals surface area contributed by atoms with Gasteiger partial charge < -0.3 is 4.74 Å². The van der Waals surface area contributed by atoms with Crippen LogP contribution < -0.4 is 0 Å². The molecule has 5 nitrogen and oxygen atoms in total. The number of benzene rings is 1. The number of hydrogen-bond donors (Lipinski definition) is 0. The van der Waals surface area contributed by atoms with E-state index in [4.69, 9.17) is 4.74 Å². The van der Waals surface area contributed by atoms with E-state index in [0.29, 0.717) is 5.25 Å². The molecule has 0 bridgehead atoms. The number of ether oxygens (including phenoxy) is 1. The standard InChI is InChI=1S/C14H18N4OS/c1-14(2,3)10-5-4-6-11(7-10)18-13(15-16-17-18)20-12-8-19-9-12/h4-7,12H,8-9H2,1-3H3. The third-order valence-corrected chi connectivity index (χ3v) is 4.35. The van der Waals surface area contributed by atoms with Crippen molar-refractivity contribution < 1.29 is 4.74 Å². The van der Waals surface area contributed by atoms with Gasteiger partial charge in [0.05, 0.1) is 24.2 Å². The van der Waals surface area contributed by atoms with Crippen molar-refractivity contribution in [2.24, 2.45) is 0 Å². The Morgan fingerprint density at radius 2 is 2.10 bits per heavy atom. The van der Waals surface area contributed by atoms with Gasteiger partial charge in [-0.3, -0.25) is 0 Å². The van der Waals surface area contributed by atoms with Gasteiger partial charge in [-0.1, -0.05) is 44.7 Å². The molecule has 1 aromatic carbocycles. The van der Waals surface area contributed by atoms with Crippen LogP contribution in [-0.4, -0.2) is 38.7 Å². The Balaban J connectivity index is 1.91. The molecule has 0 atom stereocenters. The lowest BCUT2D eigenvalue weighted by Gasteiger charge is -2.24. The molecule has 20 heavy (non-hydrogen) atoms. The number of thioether (sulfide) groups is 1. The van der Waals surface area contributed by atoms with Crippen molar-refractivity contribution in [1.82, 2.24) is 20.2 Å². The molecule has 0 saturated carbocycles. The zero-order chi connectivity index (χ0) is 14.2. The summed E-state index contributed by atoms with van der Waals surface area (Å²) in [5.74, 6) is 0. The predicted octanol–water partition coefficient (Wildman–Crippen LogP) is 2.45. The monoisotopic (exact) mass is 290 g/mol. The van der Waals surface area contributed by atoms with E-state index in [1.165, 1.54) is 5.56 Å². The maximum absolute atomic E-state index is 5.19. The van der Waals surface area contributed by atoms with Crippen LogP contribution in [-0.2, 0) is 10.2 Å². The molecule has 106 valence electrons. The van der Waals surface area contributed by atoms with Crippen molar-refractivity contribution in [2.45, 2.75) is 36.6 Å². The number of rotatable bonds is 3. The van der Waals surface area contributed by atoms with Crippen molar-refractivity contribution in [2.75, 3.05) is 13.2 Å². The summed E-state index contributed by atoms with van der Waals surface area (Å²) in [4.78, 5) is 0. The Bertz CT molecular complexity index is 601. The van der Waals surface area contributed by atoms with Crippen LogP contribution in [0.1, 0.15) is 26.3 Å². The molecule has 1 aliphatic rings. The summed E-state index contributed by atoms with van der Waals surface area (Å²) < 4.78 is 7.00. The Labute approximate surface area is 122 Å². The van der Waals surface area contributed by atoms with Crippen LogP contribution in [0.2, 0.25) is 0 Å². The van der Waals surface area contributed by atoms with Gasteiger partial charge in [-0.2, -0.15) is 4.68 Å².